The molecule has 0 N–H and O–H groups in total. The SMILES string of the molecule is CC1CC(Br)C(=O)N1C(=O)OCc1ccccc1. The molecule has 4 nitrogen and oxygen atoms in total. The summed E-state index contributed by atoms with van der Waals surface area (Å²) in [5.74, 6) is -0.222. The average molecular weight is 312 g/mol. The van der Waals surface area contributed by atoms with Crippen LogP contribution in [0.4, 0.5) is 4.79 Å². The van der Waals surface area contributed by atoms with E-state index >= 15 is 0 Å². The van der Waals surface area contributed by atoms with Gasteiger partial charge in [0.2, 0.25) is 5.91 Å². The Labute approximate surface area is 114 Å². The van der Waals surface area contributed by atoms with E-state index in [4.69, 9.17) is 4.74 Å². The average Bonchev–Trinajstić information content (AvgIpc) is 2.62. The van der Waals surface area contributed by atoms with Crippen molar-refractivity contribution in [2.75, 3.05) is 0 Å². The van der Waals surface area contributed by atoms with Gasteiger partial charge in [0.1, 0.15) is 6.61 Å². The number of halogens is 1. The van der Waals surface area contributed by atoms with E-state index in [0.717, 1.165) is 5.56 Å². The second-order valence-electron chi connectivity index (χ2n) is 4.30. The van der Waals surface area contributed by atoms with Crippen molar-refractivity contribution in [3.8, 4) is 0 Å². The molecule has 18 heavy (non-hydrogen) atoms. The van der Waals surface area contributed by atoms with Crippen molar-refractivity contribution >= 4 is 27.9 Å². The van der Waals surface area contributed by atoms with E-state index in [1.807, 2.05) is 37.3 Å². The Bertz CT molecular complexity index is 449. The van der Waals surface area contributed by atoms with Crippen LogP contribution in [-0.4, -0.2) is 27.8 Å². The third kappa shape index (κ3) is 2.72. The molecule has 5 heteroatoms. The zero-order valence-corrected chi connectivity index (χ0v) is 11.6. The minimum absolute atomic E-state index is 0.120. The number of nitrogens with zero attached hydrogens (tertiary/aromatic N) is 1. The number of amides is 2. The predicted octanol–water partition coefficient (Wildman–Crippen LogP) is 2.71. The molecule has 0 spiro atoms. The van der Waals surface area contributed by atoms with E-state index < -0.39 is 6.09 Å². The van der Waals surface area contributed by atoms with Gasteiger partial charge in [-0.05, 0) is 18.9 Å². The first-order valence-corrected chi connectivity index (χ1v) is 6.69. The van der Waals surface area contributed by atoms with Crippen LogP contribution in [0.15, 0.2) is 30.3 Å². The second kappa shape index (κ2) is 5.52. The van der Waals surface area contributed by atoms with Gasteiger partial charge >= 0.3 is 6.09 Å². The van der Waals surface area contributed by atoms with Crippen molar-refractivity contribution in [3.05, 3.63) is 35.9 Å². The minimum atomic E-state index is -0.571. The van der Waals surface area contributed by atoms with Gasteiger partial charge in [-0.25, -0.2) is 9.69 Å². The van der Waals surface area contributed by atoms with Crippen LogP contribution >= 0.6 is 15.9 Å². The number of hydrogen-bond acceptors (Lipinski definition) is 3. The van der Waals surface area contributed by atoms with Crippen LogP contribution in [0.2, 0.25) is 0 Å². The maximum absolute atomic E-state index is 11.8. The van der Waals surface area contributed by atoms with Crippen LogP contribution in [0.25, 0.3) is 0 Å². The highest BCUT2D eigenvalue weighted by atomic mass is 79.9. The molecule has 1 aliphatic heterocycles. The van der Waals surface area contributed by atoms with Crippen LogP contribution in [0.1, 0.15) is 18.9 Å². The molecule has 2 atom stereocenters. The molecule has 0 aromatic heterocycles. The Morgan fingerprint density at radius 2 is 2.11 bits per heavy atom. The summed E-state index contributed by atoms with van der Waals surface area (Å²) in [6, 6.07) is 9.27. The zero-order valence-electron chi connectivity index (χ0n) is 10.0. The van der Waals surface area contributed by atoms with Crippen molar-refractivity contribution in [3.63, 3.8) is 0 Å². The summed E-state index contributed by atoms with van der Waals surface area (Å²) in [5.41, 5.74) is 0.903. The summed E-state index contributed by atoms with van der Waals surface area (Å²) >= 11 is 3.25. The van der Waals surface area contributed by atoms with Gasteiger partial charge in [0, 0.05) is 6.04 Å². The minimum Gasteiger partial charge on any atom is -0.444 e. The van der Waals surface area contributed by atoms with E-state index in [-0.39, 0.29) is 23.4 Å². The first-order chi connectivity index (χ1) is 8.59. The van der Waals surface area contributed by atoms with Crippen molar-refractivity contribution in [2.45, 2.75) is 30.8 Å². The van der Waals surface area contributed by atoms with Crippen molar-refractivity contribution in [1.82, 2.24) is 4.90 Å². The summed E-state index contributed by atoms with van der Waals surface area (Å²) in [7, 11) is 0. The van der Waals surface area contributed by atoms with E-state index in [2.05, 4.69) is 15.9 Å². The largest absolute Gasteiger partial charge is 0.444 e. The molecule has 2 unspecified atom stereocenters. The normalized spacial score (nSPS) is 23.2. The number of benzene rings is 1. The van der Waals surface area contributed by atoms with Crippen LogP contribution in [0.3, 0.4) is 0 Å². The van der Waals surface area contributed by atoms with Gasteiger partial charge < -0.3 is 4.74 Å². The highest BCUT2D eigenvalue weighted by molar-refractivity contribution is 9.10. The molecule has 0 bridgehead atoms. The lowest BCUT2D eigenvalue weighted by Crippen LogP contribution is -2.38. The Hall–Kier alpha value is -1.36. The molecule has 1 aromatic carbocycles. The maximum Gasteiger partial charge on any atom is 0.417 e. The fourth-order valence-electron chi connectivity index (χ4n) is 1.93. The molecule has 1 heterocycles. The maximum atomic E-state index is 11.8. The highest BCUT2D eigenvalue weighted by Gasteiger charge is 2.40. The van der Waals surface area contributed by atoms with Crippen molar-refractivity contribution < 1.29 is 14.3 Å². The molecule has 1 aliphatic rings. The number of carbonyl (C=O) groups excluding carboxylic acids is 2. The summed E-state index contributed by atoms with van der Waals surface area (Å²) in [6.45, 7) is 2.02. The number of carbonyl (C=O) groups is 2. The molecule has 2 amide bonds. The summed E-state index contributed by atoms with van der Waals surface area (Å²) in [4.78, 5) is 24.5. The quantitative estimate of drug-likeness (QED) is 0.789. The lowest BCUT2D eigenvalue weighted by Gasteiger charge is -2.18. The summed E-state index contributed by atoms with van der Waals surface area (Å²) < 4.78 is 5.15. The van der Waals surface area contributed by atoms with Crippen LogP contribution in [0.5, 0.6) is 0 Å². The molecule has 0 radical (unpaired) electrons. The molecular weight excluding hydrogens is 298 g/mol. The molecule has 1 saturated heterocycles. The Morgan fingerprint density at radius 3 is 2.67 bits per heavy atom. The second-order valence-corrected chi connectivity index (χ2v) is 5.41. The van der Waals surface area contributed by atoms with Gasteiger partial charge in [0.05, 0.1) is 4.83 Å². The van der Waals surface area contributed by atoms with E-state index in [0.29, 0.717) is 6.42 Å². The monoisotopic (exact) mass is 311 g/mol. The van der Waals surface area contributed by atoms with Gasteiger partial charge in [-0.15, -0.1) is 0 Å². The van der Waals surface area contributed by atoms with E-state index in [1.165, 1.54) is 4.90 Å². The number of alkyl halides is 1. The van der Waals surface area contributed by atoms with Gasteiger partial charge in [0.25, 0.3) is 0 Å². The Kier molecular flexibility index (Phi) is 4.01. The molecule has 1 fully saturated rings. The number of hydrogen-bond donors (Lipinski definition) is 0. The van der Waals surface area contributed by atoms with E-state index in [1.54, 1.807) is 0 Å². The third-order valence-electron chi connectivity index (χ3n) is 2.90. The predicted molar refractivity (Wildman–Crippen MR) is 70.3 cm³/mol. The van der Waals surface area contributed by atoms with Crippen LogP contribution in [-0.2, 0) is 16.1 Å². The molecule has 96 valence electrons. The molecular formula is C13H14BrNO3. The summed E-state index contributed by atoms with van der Waals surface area (Å²) in [5, 5.41) is 0. The first-order valence-electron chi connectivity index (χ1n) is 5.77. The Morgan fingerprint density at radius 1 is 1.44 bits per heavy atom. The van der Waals surface area contributed by atoms with Gasteiger partial charge in [-0.2, -0.15) is 0 Å². The Balaban J connectivity index is 1.94. The lowest BCUT2D eigenvalue weighted by atomic mass is 10.2. The van der Waals surface area contributed by atoms with Gasteiger partial charge in [-0.1, -0.05) is 46.3 Å². The van der Waals surface area contributed by atoms with Gasteiger partial charge in [-0.3, -0.25) is 4.79 Å². The number of likely N-dealkylation sites (tertiary alicyclic amines) is 1. The summed E-state index contributed by atoms with van der Waals surface area (Å²) in [6.07, 6.45) is 0.0533. The smallest absolute Gasteiger partial charge is 0.417 e. The molecule has 0 saturated carbocycles. The zero-order chi connectivity index (χ0) is 13.1. The number of imide groups is 1. The standard InChI is InChI=1S/C13H14BrNO3/c1-9-7-11(14)12(16)15(9)13(17)18-8-10-5-3-2-4-6-10/h2-6,9,11H,7-8H2,1H3. The third-order valence-corrected chi connectivity index (χ3v) is 3.66. The lowest BCUT2D eigenvalue weighted by molar-refractivity contribution is -0.126. The number of ether oxygens (including phenoxy) is 1. The van der Waals surface area contributed by atoms with Crippen LogP contribution in [0, 0.1) is 0 Å². The van der Waals surface area contributed by atoms with Gasteiger partial charge in [0.15, 0.2) is 0 Å². The van der Waals surface area contributed by atoms with Crippen molar-refractivity contribution in [1.29, 1.82) is 0 Å². The molecule has 0 aliphatic carbocycles. The molecule has 2 rings (SSSR count). The first kappa shape index (κ1) is 13.1. The fraction of sp³-hybridized carbons (Fsp3) is 0.385. The number of rotatable bonds is 2. The highest BCUT2D eigenvalue weighted by Crippen LogP contribution is 2.25. The van der Waals surface area contributed by atoms with Crippen molar-refractivity contribution in [2.24, 2.45) is 0 Å². The fourth-order valence-corrected chi connectivity index (χ4v) is 2.69. The van der Waals surface area contributed by atoms with E-state index in [9.17, 15) is 9.59 Å². The van der Waals surface area contributed by atoms with Crippen LogP contribution < -0.4 is 0 Å². The topological polar surface area (TPSA) is 46.6 Å². The molecule has 1 aromatic rings.